The highest BCUT2D eigenvalue weighted by Gasteiger charge is 2.44. The molecule has 2 heterocycles. The van der Waals surface area contributed by atoms with Crippen LogP contribution in [-0.2, 0) is 9.53 Å². The standard InChI is InChI=1S/C14H15Cl2N3O5/c1-5(21)17-14-18-8-2-6(15)7(16)3-9(8)19(14)13-12(23)11(22)10(4-20)24-13/h2-3,10-13,20,22-23H,4H2,1H3,(H,17,18,21)/t10-,11-,12-,13-/m1/s1. The molecule has 1 saturated heterocycles. The van der Waals surface area contributed by atoms with E-state index in [0.29, 0.717) is 11.0 Å². The number of fused-ring (bicyclic) bond motifs is 1. The molecular formula is C14H15Cl2N3O5. The Kier molecular flexibility index (Phi) is 4.69. The molecular weight excluding hydrogens is 361 g/mol. The number of nitrogens with zero attached hydrogens (tertiary/aromatic N) is 2. The average Bonchev–Trinajstić information content (AvgIpc) is 2.97. The number of anilines is 1. The van der Waals surface area contributed by atoms with Gasteiger partial charge in [-0.15, -0.1) is 0 Å². The summed E-state index contributed by atoms with van der Waals surface area (Å²) in [4.78, 5) is 15.7. The molecule has 130 valence electrons. The van der Waals surface area contributed by atoms with E-state index in [1.165, 1.54) is 23.6 Å². The minimum atomic E-state index is -1.33. The molecule has 8 nitrogen and oxygen atoms in total. The summed E-state index contributed by atoms with van der Waals surface area (Å²) in [6.45, 7) is 0.838. The Hall–Kier alpha value is -1.42. The van der Waals surface area contributed by atoms with Crippen LogP contribution >= 0.6 is 23.2 Å². The van der Waals surface area contributed by atoms with Crippen molar-refractivity contribution in [3.63, 3.8) is 0 Å². The van der Waals surface area contributed by atoms with Gasteiger partial charge >= 0.3 is 0 Å². The molecule has 1 aliphatic heterocycles. The molecule has 4 N–H and O–H groups in total. The maximum absolute atomic E-state index is 11.4. The SMILES string of the molecule is CC(=O)Nc1nc2cc(Cl)c(Cl)cc2n1[C@@H]1O[C@H](CO)[C@@H](O)[C@H]1O. The number of ether oxygens (including phenoxy) is 1. The van der Waals surface area contributed by atoms with Crippen molar-refractivity contribution in [2.75, 3.05) is 11.9 Å². The summed E-state index contributed by atoms with van der Waals surface area (Å²) < 4.78 is 6.93. The van der Waals surface area contributed by atoms with Gasteiger partial charge in [0.25, 0.3) is 0 Å². The van der Waals surface area contributed by atoms with Crippen molar-refractivity contribution in [3.8, 4) is 0 Å². The molecule has 4 atom stereocenters. The molecule has 1 aromatic heterocycles. The number of aliphatic hydroxyl groups is 3. The lowest BCUT2D eigenvalue weighted by Crippen LogP contribution is -2.33. The van der Waals surface area contributed by atoms with Crippen molar-refractivity contribution >= 4 is 46.1 Å². The van der Waals surface area contributed by atoms with E-state index in [-0.39, 0.29) is 21.9 Å². The van der Waals surface area contributed by atoms with E-state index >= 15 is 0 Å². The maximum Gasteiger partial charge on any atom is 0.223 e. The summed E-state index contributed by atoms with van der Waals surface area (Å²) in [5.41, 5.74) is 0.869. The zero-order valence-corrected chi connectivity index (χ0v) is 14.0. The van der Waals surface area contributed by atoms with Crippen molar-refractivity contribution in [2.45, 2.75) is 31.5 Å². The number of carbonyl (C=O) groups is 1. The number of rotatable bonds is 3. The van der Waals surface area contributed by atoms with Crippen LogP contribution in [0.3, 0.4) is 0 Å². The van der Waals surface area contributed by atoms with Crippen LogP contribution in [0.15, 0.2) is 12.1 Å². The lowest BCUT2D eigenvalue weighted by molar-refractivity contribution is -0.114. The van der Waals surface area contributed by atoms with E-state index in [9.17, 15) is 20.1 Å². The van der Waals surface area contributed by atoms with Gasteiger partial charge < -0.3 is 20.1 Å². The Morgan fingerprint density at radius 2 is 2.00 bits per heavy atom. The molecule has 24 heavy (non-hydrogen) atoms. The van der Waals surface area contributed by atoms with E-state index in [1.54, 1.807) is 0 Å². The first-order chi connectivity index (χ1) is 11.3. The molecule has 1 aliphatic rings. The van der Waals surface area contributed by atoms with E-state index in [1.807, 2.05) is 0 Å². The van der Waals surface area contributed by atoms with Gasteiger partial charge in [0.05, 0.1) is 27.7 Å². The fraction of sp³-hybridized carbons (Fsp3) is 0.429. The Morgan fingerprint density at radius 3 is 2.58 bits per heavy atom. The van der Waals surface area contributed by atoms with Gasteiger partial charge in [0, 0.05) is 6.92 Å². The van der Waals surface area contributed by atoms with Gasteiger partial charge in [-0.1, -0.05) is 23.2 Å². The molecule has 0 saturated carbocycles. The van der Waals surface area contributed by atoms with Crippen molar-refractivity contribution in [1.82, 2.24) is 9.55 Å². The van der Waals surface area contributed by atoms with E-state index < -0.39 is 31.1 Å². The highest BCUT2D eigenvalue weighted by atomic mass is 35.5. The molecule has 1 fully saturated rings. The number of nitrogens with one attached hydrogen (secondary N) is 1. The lowest BCUT2D eigenvalue weighted by Gasteiger charge is -2.19. The van der Waals surface area contributed by atoms with Crippen LogP contribution in [0, 0.1) is 0 Å². The number of carbonyl (C=O) groups excluding carboxylic acids is 1. The molecule has 3 rings (SSSR count). The smallest absolute Gasteiger partial charge is 0.223 e. The van der Waals surface area contributed by atoms with Crippen LogP contribution in [0.25, 0.3) is 11.0 Å². The predicted molar refractivity (Wildman–Crippen MR) is 87.1 cm³/mol. The minimum Gasteiger partial charge on any atom is -0.394 e. The number of hydrogen-bond donors (Lipinski definition) is 4. The third-order valence-corrected chi connectivity index (χ3v) is 4.51. The summed E-state index contributed by atoms with van der Waals surface area (Å²) in [6, 6.07) is 3.04. The van der Waals surface area contributed by atoms with Crippen LogP contribution in [0.4, 0.5) is 5.95 Å². The summed E-state index contributed by atoms with van der Waals surface area (Å²) in [7, 11) is 0. The van der Waals surface area contributed by atoms with Gasteiger partial charge in [0.1, 0.15) is 18.3 Å². The topological polar surface area (TPSA) is 117 Å². The lowest BCUT2D eigenvalue weighted by atomic mass is 10.1. The summed E-state index contributed by atoms with van der Waals surface area (Å²) in [5.74, 6) is -0.277. The monoisotopic (exact) mass is 375 g/mol. The second kappa shape index (κ2) is 6.47. The Morgan fingerprint density at radius 1 is 1.33 bits per heavy atom. The second-order valence-electron chi connectivity index (χ2n) is 5.47. The Balaban J connectivity index is 2.17. The number of amides is 1. The average molecular weight is 376 g/mol. The molecule has 1 aromatic carbocycles. The van der Waals surface area contributed by atoms with Crippen molar-refractivity contribution in [2.24, 2.45) is 0 Å². The fourth-order valence-corrected chi connectivity index (χ4v) is 3.00. The molecule has 0 spiro atoms. The zero-order chi connectivity index (χ0) is 17.6. The third kappa shape index (κ3) is 2.85. The number of aromatic nitrogens is 2. The maximum atomic E-state index is 11.4. The largest absolute Gasteiger partial charge is 0.394 e. The normalized spacial score (nSPS) is 26.9. The minimum absolute atomic E-state index is 0.102. The van der Waals surface area contributed by atoms with Crippen LogP contribution < -0.4 is 5.32 Å². The van der Waals surface area contributed by atoms with Crippen LogP contribution in [0.5, 0.6) is 0 Å². The van der Waals surface area contributed by atoms with Crippen molar-refractivity contribution in [3.05, 3.63) is 22.2 Å². The summed E-state index contributed by atoms with van der Waals surface area (Å²) in [6.07, 6.45) is -4.65. The van der Waals surface area contributed by atoms with E-state index in [0.717, 1.165) is 0 Å². The second-order valence-corrected chi connectivity index (χ2v) is 6.28. The Bertz CT molecular complexity index is 796. The van der Waals surface area contributed by atoms with Crippen LogP contribution in [0.1, 0.15) is 13.2 Å². The molecule has 0 bridgehead atoms. The van der Waals surface area contributed by atoms with Gasteiger partial charge in [-0.25, -0.2) is 4.98 Å². The molecule has 0 unspecified atom stereocenters. The van der Waals surface area contributed by atoms with Gasteiger partial charge in [0.2, 0.25) is 11.9 Å². The number of benzene rings is 1. The zero-order valence-electron chi connectivity index (χ0n) is 12.5. The number of hydrogen-bond acceptors (Lipinski definition) is 6. The first-order valence-corrected chi connectivity index (χ1v) is 7.86. The molecule has 0 radical (unpaired) electrons. The number of aliphatic hydroxyl groups excluding tert-OH is 3. The predicted octanol–water partition coefficient (Wildman–Crippen LogP) is 0.913. The van der Waals surface area contributed by atoms with Crippen molar-refractivity contribution < 1.29 is 24.9 Å². The number of halogens is 2. The Labute approximate surface area is 146 Å². The van der Waals surface area contributed by atoms with Crippen LogP contribution in [-0.4, -0.2) is 55.7 Å². The fourth-order valence-electron chi connectivity index (χ4n) is 2.69. The van der Waals surface area contributed by atoms with Gasteiger partial charge in [0.15, 0.2) is 6.23 Å². The van der Waals surface area contributed by atoms with Gasteiger partial charge in [-0.05, 0) is 12.1 Å². The first-order valence-electron chi connectivity index (χ1n) is 7.10. The first kappa shape index (κ1) is 17.4. The quantitative estimate of drug-likeness (QED) is 0.633. The summed E-state index contributed by atoms with van der Waals surface area (Å²) >= 11 is 12.0. The molecule has 0 aliphatic carbocycles. The van der Waals surface area contributed by atoms with Crippen molar-refractivity contribution in [1.29, 1.82) is 0 Å². The molecule has 10 heteroatoms. The van der Waals surface area contributed by atoms with Gasteiger partial charge in [-0.3, -0.25) is 14.7 Å². The molecule has 1 amide bonds. The van der Waals surface area contributed by atoms with Gasteiger partial charge in [-0.2, -0.15) is 0 Å². The van der Waals surface area contributed by atoms with Crippen LogP contribution in [0.2, 0.25) is 10.0 Å². The highest BCUT2D eigenvalue weighted by Crippen LogP contribution is 2.37. The molecule has 2 aromatic rings. The van der Waals surface area contributed by atoms with E-state index in [2.05, 4.69) is 10.3 Å². The van der Waals surface area contributed by atoms with E-state index in [4.69, 9.17) is 27.9 Å². The summed E-state index contributed by atoms with van der Waals surface area (Å²) in [5, 5.41) is 32.6. The third-order valence-electron chi connectivity index (χ3n) is 3.79. The number of imidazole rings is 1. The highest BCUT2D eigenvalue weighted by molar-refractivity contribution is 6.42.